The molecule has 0 aromatic heterocycles. The Balaban J connectivity index is 1.76. The third-order valence-electron chi connectivity index (χ3n) is 4.17. The van der Waals surface area contributed by atoms with E-state index in [4.69, 9.17) is 9.94 Å². The van der Waals surface area contributed by atoms with Crippen LogP contribution in [0, 0.1) is 0 Å². The Morgan fingerprint density at radius 3 is 2.38 bits per heavy atom. The van der Waals surface area contributed by atoms with Gasteiger partial charge in [0.05, 0.1) is 14.5 Å². The van der Waals surface area contributed by atoms with Gasteiger partial charge >= 0.3 is 0 Å². The first-order valence-electron chi connectivity index (χ1n) is 9.18. The van der Waals surface area contributed by atoms with Crippen molar-refractivity contribution < 1.29 is 24.6 Å². The Hall–Kier alpha value is -3.37. The van der Waals surface area contributed by atoms with Gasteiger partial charge in [0.25, 0.3) is 11.8 Å². The molecule has 3 aromatic rings. The van der Waals surface area contributed by atoms with E-state index >= 15 is 0 Å². The van der Waals surface area contributed by atoms with Gasteiger partial charge in [-0.3, -0.25) is 9.59 Å². The topological polar surface area (TPSA) is 120 Å². The molecular weight excluding hydrogens is 546 g/mol. The van der Waals surface area contributed by atoms with Gasteiger partial charge < -0.3 is 25.7 Å². The highest BCUT2D eigenvalue weighted by molar-refractivity contribution is 9.11. The molecule has 0 radical (unpaired) electrons. The van der Waals surface area contributed by atoms with Crippen molar-refractivity contribution in [2.75, 3.05) is 5.32 Å². The third-order valence-corrected chi connectivity index (χ3v) is 5.35. The van der Waals surface area contributed by atoms with Gasteiger partial charge in [0.1, 0.15) is 17.7 Å². The van der Waals surface area contributed by atoms with E-state index in [1.807, 2.05) is 30.3 Å². The molecule has 0 unspecified atom stereocenters. The van der Waals surface area contributed by atoms with E-state index < -0.39 is 11.8 Å². The summed E-state index contributed by atoms with van der Waals surface area (Å²) in [6, 6.07) is 16.9. The number of nitrogens with one attached hydrogen (secondary N) is 2. The zero-order valence-electron chi connectivity index (χ0n) is 16.4. The van der Waals surface area contributed by atoms with Crippen LogP contribution in [0.25, 0.3) is 0 Å². The van der Waals surface area contributed by atoms with Gasteiger partial charge in [0.2, 0.25) is 0 Å². The summed E-state index contributed by atoms with van der Waals surface area (Å²) >= 11 is 6.76. The normalized spacial score (nSPS) is 10.7. The minimum atomic E-state index is -0.607. The van der Waals surface area contributed by atoms with E-state index in [9.17, 15) is 14.7 Å². The number of ether oxygens (including phenoxy) is 1. The van der Waals surface area contributed by atoms with E-state index in [1.165, 1.54) is 18.2 Å². The monoisotopic (exact) mass is 561 g/mol. The van der Waals surface area contributed by atoms with Crippen LogP contribution in [0.5, 0.6) is 17.2 Å². The van der Waals surface area contributed by atoms with Crippen molar-refractivity contribution in [1.82, 2.24) is 5.32 Å². The molecular formula is C22H17Br2N3O5. The molecule has 0 saturated carbocycles. The fourth-order valence-electron chi connectivity index (χ4n) is 2.71. The number of oxime groups is 1. The molecule has 32 heavy (non-hydrogen) atoms. The summed E-state index contributed by atoms with van der Waals surface area (Å²) in [4.78, 5) is 24.1. The van der Waals surface area contributed by atoms with Gasteiger partial charge in [0.15, 0.2) is 5.75 Å². The fraction of sp³-hybridized carbons (Fsp3) is 0.0455. The zero-order valence-corrected chi connectivity index (χ0v) is 19.6. The lowest BCUT2D eigenvalue weighted by Gasteiger charge is -2.14. The van der Waals surface area contributed by atoms with Gasteiger partial charge in [-0.05, 0) is 67.8 Å². The number of phenols is 1. The van der Waals surface area contributed by atoms with E-state index in [1.54, 1.807) is 12.1 Å². The molecule has 0 aliphatic heterocycles. The number of aromatic hydroxyl groups is 1. The van der Waals surface area contributed by atoms with Gasteiger partial charge in [-0.2, -0.15) is 0 Å². The number of phenolic OH excluding ortho intramolecular Hbond substituents is 1. The summed E-state index contributed by atoms with van der Waals surface area (Å²) in [7, 11) is 0. The van der Waals surface area contributed by atoms with Crippen molar-refractivity contribution in [1.29, 1.82) is 0 Å². The Morgan fingerprint density at radius 2 is 1.72 bits per heavy atom. The summed E-state index contributed by atoms with van der Waals surface area (Å²) in [5.41, 5.74) is 1.42. The molecule has 0 saturated heterocycles. The average molecular weight is 563 g/mol. The van der Waals surface area contributed by atoms with Crippen molar-refractivity contribution in [2.45, 2.75) is 6.54 Å². The van der Waals surface area contributed by atoms with E-state index in [0.29, 0.717) is 32.7 Å². The summed E-state index contributed by atoms with van der Waals surface area (Å²) in [6.45, 7) is 0.315. The number of hydrogen-bond acceptors (Lipinski definition) is 6. The smallest absolute Gasteiger partial charge is 0.270 e. The minimum absolute atomic E-state index is 0.0675. The molecule has 4 N–H and O–H groups in total. The molecule has 10 heteroatoms. The van der Waals surface area contributed by atoms with Crippen LogP contribution in [-0.4, -0.2) is 28.3 Å². The predicted octanol–water partition coefficient (Wildman–Crippen LogP) is 5.04. The highest BCUT2D eigenvalue weighted by Gasteiger charge is 2.16. The lowest BCUT2D eigenvalue weighted by Crippen LogP contribution is -2.22. The predicted molar refractivity (Wildman–Crippen MR) is 127 cm³/mol. The molecule has 8 nitrogen and oxygen atoms in total. The van der Waals surface area contributed by atoms with Crippen LogP contribution in [0.3, 0.4) is 0 Å². The number of carbonyl (C=O) groups is 2. The molecule has 164 valence electrons. The number of nitrogens with zero attached hydrogens (tertiary/aromatic N) is 1. The third kappa shape index (κ3) is 6.08. The van der Waals surface area contributed by atoms with Crippen LogP contribution in [0.1, 0.15) is 15.9 Å². The number of hydrogen-bond donors (Lipinski definition) is 4. The second-order valence-corrected chi connectivity index (χ2v) is 8.16. The summed E-state index contributed by atoms with van der Waals surface area (Å²) < 4.78 is 6.90. The molecule has 3 aromatic carbocycles. The average Bonchev–Trinajstić information content (AvgIpc) is 2.76. The lowest BCUT2D eigenvalue weighted by atomic mass is 10.1. The van der Waals surface area contributed by atoms with E-state index in [-0.39, 0.29) is 11.3 Å². The second-order valence-electron chi connectivity index (χ2n) is 6.45. The Labute approximate surface area is 200 Å². The first-order chi connectivity index (χ1) is 15.4. The first-order valence-corrected chi connectivity index (χ1v) is 10.8. The molecule has 0 spiro atoms. The second kappa shape index (κ2) is 10.8. The molecule has 0 heterocycles. The molecule has 2 amide bonds. The number of carbonyl (C=O) groups excluding carboxylic acids is 2. The Bertz CT molecular complexity index is 1150. The highest BCUT2D eigenvalue weighted by Crippen LogP contribution is 2.40. The van der Waals surface area contributed by atoms with Crippen molar-refractivity contribution in [3.8, 4) is 17.2 Å². The number of rotatable bonds is 7. The quantitative estimate of drug-likeness (QED) is 0.183. The van der Waals surface area contributed by atoms with Gasteiger partial charge in [-0.15, -0.1) is 0 Å². The maximum atomic E-state index is 12.6. The van der Waals surface area contributed by atoms with Crippen LogP contribution < -0.4 is 15.4 Å². The van der Waals surface area contributed by atoms with Crippen molar-refractivity contribution in [2.24, 2.45) is 5.16 Å². The summed E-state index contributed by atoms with van der Waals surface area (Å²) in [5, 5.41) is 26.5. The fourth-order valence-corrected chi connectivity index (χ4v) is 4.06. The van der Waals surface area contributed by atoms with Gasteiger partial charge in [0, 0.05) is 12.2 Å². The van der Waals surface area contributed by atoms with Crippen LogP contribution in [-0.2, 0) is 11.3 Å². The summed E-state index contributed by atoms with van der Waals surface area (Å²) in [6.07, 6.45) is 0.729. The largest absolute Gasteiger partial charge is 0.507 e. The van der Waals surface area contributed by atoms with Crippen molar-refractivity contribution >= 4 is 55.6 Å². The maximum absolute atomic E-state index is 12.6. The maximum Gasteiger partial charge on any atom is 0.270 e. The Kier molecular flexibility index (Phi) is 7.85. The first kappa shape index (κ1) is 23.3. The number of anilines is 1. The molecule has 0 aliphatic carbocycles. The van der Waals surface area contributed by atoms with Gasteiger partial charge in [-0.25, -0.2) is 0 Å². The zero-order chi connectivity index (χ0) is 23.1. The van der Waals surface area contributed by atoms with Crippen molar-refractivity contribution in [3.63, 3.8) is 0 Å². The van der Waals surface area contributed by atoms with Gasteiger partial charge in [-0.1, -0.05) is 35.5 Å². The highest BCUT2D eigenvalue weighted by atomic mass is 79.9. The number of benzene rings is 3. The number of amides is 2. The summed E-state index contributed by atoms with van der Waals surface area (Å²) in [5.74, 6) is -0.522. The van der Waals surface area contributed by atoms with Crippen LogP contribution in [0.15, 0.2) is 74.8 Å². The minimum Gasteiger partial charge on any atom is -0.507 e. The molecule has 0 bridgehead atoms. The SMILES string of the molecule is O=C(/C=N/O)Nc1cc(Br)c(Oc2ccc(O)c(C(=O)NCc3ccccc3)c2)c(Br)c1. The van der Waals surface area contributed by atoms with Crippen LogP contribution >= 0.6 is 31.9 Å². The molecule has 0 fully saturated rings. The Morgan fingerprint density at radius 1 is 1.03 bits per heavy atom. The molecule has 3 rings (SSSR count). The number of halogens is 2. The van der Waals surface area contributed by atoms with Crippen LogP contribution in [0.4, 0.5) is 5.69 Å². The van der Waals surface area contributed by atoms with Crippen molar-refractivity contribution in [3.05, 3.63) is 80.7 Å². The standard InChI is InChI=1S/C22H17Br2N3O5/c23-17-8-14(27-20(29)12-26-31)9-18(24)21(17)32-15-6-7-19(28)16(10-15)22(30)25-11-13-4-2-1-3-5-13/h1-10,12,28,31H,11H2,(H,25,30)(H,27,29)/b26-12+. The lowest BCUT2D eigenvalue weighted by molar-refractivity contribution is -0.110. The van der Waals surface area contributed by atoms with E-state index in [2.05, 4.69) is 47.6 Å². The molecule has 0 atom stereocenters. The molecule has 0 aliphatic rings. The van der Waals surface area contributed by atoms with Crippen LogP contribution in [0.2, 0.25) is 0 Å². The van der Waals surface area contributed by atoms with E-state index in [0.717, 1.165) is 11.8 Å².